The van der Waals surface area contributed by atoms with Gasteiger partial charge in [-0.05, 0) is 32.0 Å². The average molecular weight is 314 g/mol. The summed E-state index contributed by atoms with van der Waals surface area (Å²) in [6.07, 6.45) is -4.71. The first-order valence-electron chi connectivity index (χ1n) is 5.59. The fourth-order valence-electron chi connectivity index (χ4n) is 1.58. The van der Waals surface area contributed by atoms with Crippen molar-refractivity contribution < 1.29 is 26.0 Å². The molecule has 0 heterocycles. The third-order valence-corrected chi connectivity index (χ3v) is 4.55. The van der Waals surface area contributed by atoms with Crippen LogP contribution in [0.15, 0.2) is 23.1 Å². The lowest BCUT2D eigenvalue weighted by Crippen LogP contribution is -2.43. The van der Waals surface area contributed by atoms with Crippen LogP contribution in [0.3, 0.4) is 0 Å². The van der Waals surface area contributed by atoms with Crippen LogP contribution in [0.2, 0.25) is 0 Å². The fourth-order valence-corrected chi connectivity index (χ4v) is 3.33. The van der Waals surface area contributed by atoms with Crippen molar-refractivity contribution in [1.82, 2.24) is 4.31 Å². The number of alkyl halides is 3. The van der Waals surface area contributed by atoms with Gasteiger partial charge in [-0.1, -0.05) is 0 Å². The lowest BCUT2D eigenvalue weighted by molar-refractivity contribution is -0.138. The summed E-state index contributed by atoms with van der Waals surface area (Å²) in [5, 5.41) is 0. The molecule has 0 aliphatic rings. The van der Waals surface area contributed by atoms with Gasteiger partial charge in [0.05, 0.1) is 5.69 Å². The Bertz CT molecular complexity index is 585. The molecule has 0 unspecified atom stereocenters. The summed E-state index contributed by atoms with van der Waals surface area (Å²) in [6, 6.07) is 1.58. The van der Waals surface area contributed by atoms with Gasteiger partial charge >= 0.3 is 6.18 Å². The van der Waals surface area contributed by atoms with E-state index in [2.05, 4.69) is 0 Å². The molecule has 20 heavy (non-hydrogen) atoms. The van der Waals surface area contributed by atoms with Crippen LogP contribution in [0.1, 0.15) is 13.8 Å². The molecule has 0 aliphatic carbocycles. The zero-order valence-corrected chi connectivity index (χ0v) is 11.6. The molecule has 9 heteroatoms. The molecule has 0 radical (unpaired) electrons. The molecule has 0 saturated carbocycles. The van der Waals surface area contributed by atoms with Crippen molar-refractivity contribution in [3.63, 3.8) is 0 Å². The van der Waals surface area contributed by atoms with Crippen LogP contribution in [0.5, 0.6) is 0 Å². The molecule has 0 atom stereocenters. The number of nitrogens with zero attached hydrogens (tertiary/aromatic N) is 1. The van der Waals surface area contributed by atoms with E-state index in [0.29, 0.717) is 6.07 Å². The van der Waals surface area contributed by atoms with E-state index in [0.717, 1.165) is 12.1 Å². The van der Waals surface area contributed by atoms with E-state index in [9.17, 15) is 26.0 Å². The zero-order valence-electron chi connectivity index (χ0n) is 10.8. The predicted molar refractivity (Wildman–Crippen MR) is 65.9 cm³/mol. The Kier molecular flexibility index (Phi) is 4.65. The molecule has 0 amide bonds. The second kappa shape index (κ2) is 5.57. The van der Waals surface area contributed by atoms with Gasteiger partial charge < -0.3 is 5.73 Å². The van der Waals surface area contributed by atoms with E-state index in [1.54, 1.807) is 0 Å². The molecule has 0 aromatic heterocycles. The lowest BCUT2D eigenvalue weighted by atomic mass is 10.3. The van der Waals surface area contributed by atoms with Crippen molar-refractivity contribution in [3.8, 4) is 0 Å². The molecule has 0 bridgehead atoms. The summed E-state index contributed by atoms with van der Waals surface area (Å²) in [7, 11) is -4.54. The number of rotatable bonds is 4. The van der Waals surface area contributed by atoms with Crippen LogP contribution in [0.4, 0.5) is 23.2 Å². The summed E-state index contributed by atoms with van der Waals surface area (Å²) >= 11 is 0. The van der Waals surface area contributed by atoms with E-state index in [1.165, 1.54) is 13.8 Å². The molecule has 1 aromatic rings. The fraction of sp³-hybridized carbons (Fsp3) is 0.455. The number of nitrogen functional groups attached to an aromatic ring is 1. The molecule has 2 N–H and O–H groups in total. The maximum Gasteiger partial charge on any atom is 0.402 e. The Morgan fingerprint density at radius 2 is 1.85 bits per heavy atom. The largest absolute Gasteiger partial charge is 0.402 e. The summed E-state index contributed by atoms with van der Waals surface area (Å²) in [4.78, 5) is -0.671. The summed E-state index contributed by atoms with van der Waals surface area (Å²) in [6.45, 7) is 0.917. The molecule has 0 spiro atoms. The molecule has 0 aliphatic heterocycles. The lowest BCUT2D eigenvalue weighted by Gasteiger charge is -2.27. The monoisotopic (exact) mass is 314 g/mol. The third-order valence-electron chi connectivity index (χ3n) is 2.47. The number of nitrogens with two attached hydrogens (primary N) is 1. The number of halogens is 4. The molecule has 114 valence electrons. The van der Waals surface area contributed by atoms with Crippen LogP contribution in [0, 0.1) is 5.82 Å². The van der Waals surface area contributed by atoms with Crippen LogP contribution >= 0.6 is 0 Å². The van der Waals surface area contributed by atoms with E-state index in [1.807, 2.05) is 0 Å². The first-order chi connectivity index (χ1) is 8.95. The molecule has 1 rings (SSSR count). The molecular weight excluding hydrogens is 300 g/mol. The maximum atomic E-state index is 13.1. The maximum absolute atomic E-state index is 13.1. The minimum absolute atomic E-state index is 0.234. The molecule has 1 aromatic carbocycles. The number of hydrogen-bond acceptors (Lipinski definition) is 3. The van der Waals surface area contributed by atoms with Crippen molar-refractivity contribution in [3.05, 3.63) is 24.0 Å². The molecule has 4 nitrogen and oxygen atoms in total. The Hall–Kier alpha value is -1.35. The van der Waals surface area contributed by atoms with Gasteiger partial charge in [-0.3, -0.25) is 0 Å². The molecule has 0 saturated heterocycles. The summed E-state index contributed by atoms with van der Waals surface area (Å²) in [5.74, 6) is -0.895. The Morgan fingerprint density at radius 3 is 2.30 bits per heavy atom. The van der Waals surface area contributed by atoms with Crippen molar-refractivity contribution in [2.24, 2.45) is 0 Å². The quantitative estimate of drug-likeness (QED) is 0.685. The highest BCUT2D eigenvalue weighted by atomic mass is 32.2. The van der Waals surface area contributed by atoms with Crippen molar-refractivity contribution in [2.45, 2.75) is 31.0 Å². The predicted octanol–water partition coefficient (Wildman–Crippen LogP) is 2.37. The highest BCUT2D eigenvalue weighted by molar-refractivity contribution is 7.89. The van der Waals surface area contributed by atoms with Gasteiger partial charge in [0.15, 0.2) is 0 Å². The van der Waals surface area contributed by atoms with Crippen LogP contribution in [0.25, 0.3) is 0 Å². The van der Waals surface area contributed by atoms with Gasteiger partial charge in [0.2, 0.25) is 10.0 Å². The van der Waals surface area contributed by atoms with E-state index >= 15 is 0 Å². The number of sulfonamides is 1. The van der Waals surface area contributed by atoms with E-state index in [4.69, 9.17) is 5.73 Å². The molecular formula is C11H14F4N2O2S. The zero-order chi connectivity index (χ0) is 15.7. The minimum atomic E-state index is -4.71. The van der Waals surface area contributed by atoms with Gasteiger partial charge in [-0.25, -0.2) is 12.8 Å². The van der Waals surface area contributed by atoms with Crippen molar-refractivity contribution in [1.29, 1.82) is 0 Å². The molecule has 0 fully saturated rings. The van der Waals surface area contributed by atoms with E-state index < -0.39 is 39.5 Å². The highest BCUT2D eigenvalue weighted by Gasteiger charge is 2.39. The van der Waals surface area contributed by atoms with Crippen LogP contribution < -0.4 is 5.73 Å². The van der Waals surface area contributed by atoms with Gasteiger partial charge in [0.25, 0.3) is 0 Å². The van der Waals surface area contributed by atoms with Crippen molar-refractivity contribution >= 4 is 15.7 Å². The number of hydrogen-bond donors (Lipinski definition) is 1. The normalized spacial score (nSPS) is 13.2. The number of anilines is 1. The van der Waals surface area contributed by atoms with E-state index in [-0.39, 0.29) is 9.99 Å². The van der Waals surface area contributed by atoms with Gasteiger partial charge in [0, 0.05) is 6.04 Å². The number of benzene rings is 1. The third kappa shape index (κ3) is 3.83. The highest BCUT2D eigenvalue weighted by Crippen LogP contribution is 2.28. The van der Waals surface area contributed by atoms with Gasteiger partial charge in [-0.2, -0.15) is 17.5 Å². The standard InChI is InChI=1S/C11H14F4N2O2S/c1-7(2)17(6-11(13,14)15)20(18,19)10-5-8(12)3-4-9(10)16/h3-5,7H,6,16H2,1-2H3. The van der Waals surface area contributed by atoms with Crippen LogP contribution in [-0.2, 0) is 10.0 Å². The first kappa shape index (κ1) is 16.7. The smallest absolute Gasteiger partial charge is 0.398 e. The summed E-state index contributed by atoms with van der Waals surface area (Å²) in [5.41, 5.74) is 5.12. The average Bonchev–Trinajstić information content (AvgIpc) is 2.27. The Morgan fingerprint density at radius 1 is 1.30 bits per heavy atom. The Balaban J connectivity index is 3.34. The van der Waals surface area contributed by atoms with Gasteiger partial charge in [0.1, 0.15) is 17.3 Å². The Labute approximate surface area is 114 Å². The van der Waals surface area contributed by atoms with Crippen molar-refractivity contribution in [2.75, 3.05) is 12.3 Å². The first-order valence-corrected chi connectivity index (χ1v) is 7.03. The second-order valence-electron chi connectivity index (χ2n) is 4.44. The summed E-state index contributed by atoms with van der Waals surface area (Å²) < 4.78 is 75.2. The van der Waals surface area contributed by atoms with Gasteiger partial charge in [-0.15, -0.1) is 0 Å². The second-order valence-corrected chi connectivity index (χ2v) is 6.30. The SMILES string of the molecule is CC(C)N(CC(F)(F)F)S(=O)(=O)c1cc(F)ccc1N. The minimum Gasteiger partial charge on any atom is -0.398 e. The van der Waals surface area contributed by atoms with Crippen LogP contribution in [-0.4, -0.2) is 31.5 Å². The topological polar surface area (TPSA) is 63.4 Å².